The number of aryl methyl sites for hydroxylation is 1. The van der Waals surface area contributed by atoms with E-state index in [9.17, 15) is 10.1 Å². The Morgan fingerprint density at radius 1 is 1.17 bits per heavy atom. The summed E-state index contributed by atoms with van der Waals surface area (Å²) in [5.41, 5.74) is 4.23. The van der Waals surface area contributed by atoms with Crippen LogP contribution >= 0.6 is 0 Å². The van der Waals surface area contributed by atoms with Gasteiger partial charge in [0, 0.05) is 22.6 Å². The van der Waals surface area contributed by atoms with Crippen molar-refractivity contribution in [2.75, 3.05) is 0 Å². The van der Waals surface area contributed by atoms with Crippen LogP contribution in [0.3, 0.4) is 0 Å². The molecule has 2 aliphatic rings. The Labute approximate surface area is 169 Å². The van der Waals surface area contributed by atoms with E-state index in [-0.39, 0.29) is 17.3 Å². The van der Waals surface area contributed by atoms with Crippen LogP contribution in [-0.2, 0) is 16.6 Å². The highest BCUT2D eigenvalue weighted by molar-refractivity contribution is 6.04. The molecule has 2 heterocycles. The molecule has 29 heavy (non-hydrogen) atoms. The average Bonchev–Trinajstić information content (AvgIpc) is 3.15. The van der Waals surface area contributed by atoms with E-state index in [4.69, 9.17) is 10.1 Å². The number of hydrogen-bond donors (Lipinski definition) is 0. The van der Waals surface area contributed by atoms with Crippen LogP contribution in [0, 0.1) is 22.7 Å². The molecule has 0 N–H and O–H groups in total. The Morgan fingerprint density at radius 2 is 1.93 bits per heavy atom. The lowest BCUT2D eigenvalue weighted by molar-refractivity contribution is -0.128. The number of aromatic nitrogens is 3. The van der Waals surface area contributed by atoms with E-state index < -0.39 is 10.8 Å². The van der Waals surface area contributed by atoms with Crippen LogP contribution < -0.4 is 0 Å². The molecule has 0 spiro atoms. The van der Waals surface area contributed by atoms with Gasteiger partial charge in [-0.3, -0.25) is 4.79 Å². The minimum Gasteiger partial charge on any atom is -0.293 e. The predicted molar refractivity (Wildman–Crippen MR) is 110 cm³/mol. The number of hydrogen-bond acceptors (Lipinski definition) is 4. The SMILES string of the molecule is CC1(C)C(=O)C(C#N)=C[C@]2(C)c3c(cnc4c(-c5ccccc5)cnn34)CC[C@@H]12. The molecule has 0 bridgehead atoms. The third-order valence-corrected chi connectivity index (χ3v) is 6.89. The Balaban J connectivity index is 1.81. The van der Waals surface area contributed by atoms with E-state index in [1.807, 2.05) is 55.0 Å². The molecule has 144 valence electrons. The van der Waals surface area contributed by atoms with Gasteiger partial charge in [-0.05, 0) is 29.9 Å². The van der Waals surface area contributed by atoms with E-state index >= 15 is 0 Å². The maximum atomic E-state index is 12.9. The monoisotopic (exact) mass is 382 g/mol. The molecule has 0 saturated heterocycles. The lowest BCUT2D eigenvalue weighted by atomic mass is 9.52. The molecule has 3 aromatic rings. The highest BCUT2D eigenvalue weighted by Crippen LogP contribution is 2.54. The smallest absolute Gasteiger partial charge is 0.178 e. The van der Waals surface area contributed by atoms with Crippen LogP contribution in [0.2, 0.25) is 0 Å². The fourth-order valence-electron chi connectivity index (χ4n) is 5.54. The number of carbonyl (C=O) groups is 1. The van der Waals surface area contributed by atoms with E-state index in [1.165, 1.54) is 0 Å². The first-order valence-corrected chi connectivity index (χ1v) is 9.97. The van der Waals surface area contributed by atoms with Gasteiger partial charge in [-0.1, -0.05) is 57.2 Å². The Morgan fingerprint density at radius 3 is 2.66 bits per heavy atom. The zero-order valence-electron chi connectivity index (χ0n) is 16.8. The number of Topliss-reactive ketones (excluding diaryl/α,β-unsaturated/α-hetero) is 1. The molecule has 5 nitrogen and oxygen atoms in total. The van der Waals surface area contributed by atoms with Crippen molar-refractivity contribution in [1.82, 2.24) is 14.6 Å². The lowest BCUT2D eigenvalue weighted by Gasteiger charge is -2.50. The molecule has 1 aromatic carbocycles. The summed E-state index contributed by atoms with van der Waals surface area (Å²) in [6.45, 7) is 6.10. The average molecular weight is 382 g/mol. The van der Waals surface area contributed by atoms with Gasteiger partial charge in [-0.2, -0.15) is 10.4 Å². The second-order valence-electron chi connectivity index (χ2n) is 8.89. The first kappa shape index (κ1) is 17.8. The predicted octanol–water partition coefficient (Wildman–Crippen LogP) is 4.28. The molecule has 0 unspecified atom stereocenters. The summed E-state index contributed by atoms with van der Waals surface area (Å²) in [6.07, 6.45) is 7.43. The van der Waals surface area contributed by atoms with Gasteiger partial charge in [-0.25, -0.2) is 9.50 Å². The van der Waals surface area contributed by atoms with Crippen molar-refractivity contribution in [3.05, 3.63) is 65.6 Å². The largest absolute Gasteiger partial charge is 0.293 e. The van der Waals surface area contributed by atoms with Crippen molar-refractivity contribution in [1.29, 1.82) is 5.26 Å². The number of fused-ring (bicyclic) bond motifs is 5. The van der Waals surface area contributed by atoms with Gasteiger partial charge in [0.05, 0.1) is 17.5 Å². The van der Waals surface area contributed by atoms with Crippen LogP contribution in [0.15, 0.2) is 54.4 Å². The molecule has 2 atom stereocenters. The van der Waals surface area contributed by atoms with Crippen LogP contribution in [0.4, 0.5) is 0 Å². The minimum atomic E-state index is -0.600. The van der Waals surface area contributed by atoms with Crippen molar-refractivity contribution in [3.63, 3.8) is 0 Å². The molecular formula is C24H22N4O. The summed E-state index contributed by atoms with van der Waals surface area (Å²) in [7, 11) is 0. The standard InChI is InChI=1S/C24H22N4O/c1-23(2)19-10-9-16-13-26-22-18(15-7-5-4-6-8-15)14-27-28(22)20(16)24(19,3)11-17(12-25)21(23)29/h4-8,11,13-14,19H,9-10H2,1-3H3/t19-,24-/m0/s1. The Kier molecular flexibility index (Phi) is 3.61. The molecule has 5 heteroatoms. The van der Waals surface area contributed by atoms with E-state index in [0.29, 0.717) is 0 Å². The van der Waals surface area contributed by atoms with Crippen LogP contribution in [0.1, 0.15) is 38.4 Å². The van der Waals surface area contributed by atoms with Gasteiger partial charge in [0.1, 0.15) is 6.07 Å². The van der Waals surface area contributed by atoms with Crippen LogP contribution in [0.25, 0.3) is 16.8 Å². The van der Waals surface area contributed by atoms with Crippen molar-refractivity contribution in [2.24, 2.45) is 11.3 Å². The molecular weight excluding hydrogens is 360 g/mol. The molecule has 0 amide bonds. The van der Waals surface area contributed by atoms with Crippen LogP contribution in [-0.4, -0.2) is 20.4 Å². The number of rotatable bonds is 1. The van der Waals surface area contributed by atoms with E-state index in [1.54, 1.807) is 0 Å². The number of ketones is 1. The number of nitrogens with zero attached hydrogens (tertiary/aromatic N) is 4. The lowest BCUT2D eigenvalue weighted by Crippen LogP contribution is -2.51. The summed E-state index contributed by atoms with van der Waals surface area (Å²) in [6, 6.07) is 12.3. The van der Waals surface area contributed by atoms with E-state index in [0.717, 1.165) is 40.9 Å². The summed E-state index contributed by atoms with van der Waals surface area (Å²) in [5, 5.41) is 14.4. The number of carbonyl (C=O) groups excluding carboxylic acids is 1. The normalized spacial score (nSPS) is 25.1. The highest BCUT2D eigenvalue weighted by atomic mass is 16.1. The quantitative estimate of drug-likeness (QED) is 0.630. The Bertz CT molecular complexity index is 1230. The molecule has 5 rings (SSSR count). The first-order chi connectivity index (χ1) is 13.9. The summed E-state index contributed by atoms with van der Waals surface area (Å²) < 4.78 is 1.93. The van der Waals surface area contributed by atoms with Crippen molar-refractivity contribution >= 4 is 11.4 Å². The maximum absolute atomic E-state index is 12.9. The van der Waals surface area contributed by atoms with Crippen molar-refractivity contribution in [3.8, 4) is 17.2 Å². The second-order valence-corrected chi connectivity index (χ2v) is 8.89. The van der Waals surface area contributed by atoms with Gasteiger partial charge in [0.15, 0.2) is 11.4 Å². The zero-order valence-corrected chi connectivity index (χ0v) is 16.8. The van der Waals surface area contributed by atoms with Crippen molar-refractivity contribution in [2.45, 2.75) is 39.0 Å². The van der Waals surface area contributed by atoms with Gasteiger partial charge in [0.2, 0.25) is 0 Å². The summed E-state index contributed by atoms with van der Waals surface area (Å²) in [5.74, 6) is 0.0451. The first-order valence-electron chi connectivity index (χ1n) is 9.97. The van der Waals surface area contributed by atoms with Crippen LogP contribution in [0.5, 0.6) is 0 Å². The van der Waals surface area contributed by atoms with Gasteiger partial charge in [-0.15, -0.1) is 0 Å². The van der Waals surface area contributed by atoms with E-state index in [2.05, 4.69) is 25.1 Å². The topological polar surface area (TPSA) is 71.0 Å². The summed E-state index contributed by atoms with van der Waals surface area (Å²) >= 11 is 0. The fraction of sp³-hybridized carbons (Fsp3) is 0.333. The molecule has 0 radical (unpaired) electrons. The van der Waals surface area contributed by atoms with Crippen molar-refractivity contribution < 1.29 is 4.79 Å². The number of benzene rings is 1. The zero-order chi connectivity index (χ0) is 20.4. The third kappa shape index (κ3) is 2.29. The molecule has 0 saturated carbocycles. The maximum Gasteiger partial charge on any atom is 0.178 e. The molecule has 0 fully saturated rings. The number of allylic oxidation sites excluding steroid dienone is 2. The molecule has 0 aliphatic heterocycles. The minimum absolute atomic E-state index is 0.0540. The molecule has 2 aliphatic carbocycles. The van der Waals surface area contributed by atoms with Gasteiger partial charge in [0.25, 0.3) is 0 Å². The Hall–Kier alpha value is -3.26. The molecule has 2 aromatic heterocycles. The summed E-state index contributed by atoms with van der Waals surface area (Å²) in [4.78, 5) is 17.7. The van der Waals surface area contributed by atoms with Gasteiger partial charge < -0.3 is 0 Å². The second kappa shape index (κ2) is 5.87. The van der Waals surface area contributed by atoms with Gasteiger partial charge >= 0.3 is 0 Å². The third-order valence-electron chi connectivity index (χ3n) is 6.89. The highest BCUT2D eigenvalue weighted by Gasteiger charge is 2.55. The fourth-order valence-corrected chi connectivity index (χ4v) is 5.54. The number of nitriles is 1.